The van der Waals surface area contributed by atoms with Gasteiger partial charge in [-0.15, -0.1) is 0 Å². The summed E-state index contributed by atoms with van der Waals surface area (Å²) in [5.74, 6) is 1.52. The second kappa shape index (κ2) is 6.58. The number of aliphatic hydroxyl groups excluding tert-OH is 1. The quantitative estimate of drug-likeness (QED) is 0.673. The van der Waals surface area contributed by atoms with Gasteiger partial charge >= 0.3 is 0 Å². The smallest absolute Gasteiger partial charge is 0.0545 e. The Kier molecular flexibility index (Phi) is 5.07. The summed E-state index contributed by atoms with van der Waals surface area (Å²) in [6.07, 6.45) is 7.03. The first-order chi connectivity index (χ1) is 7.84. The van der Waals surface area contributed by atoms with Gasteiger partial charge in [0.15, 0.2) is 0 Å². The van der Waals surface area contributed by atoms with Crippen LogP contribution in [0, 0.1) is 11.8 Å². The average Bonchev–Trinajstić information content (AvgIpc) is 2.31. The summed E-state index contributed by atoms with van der Waals surface area (Å²) >= 11 is 0. The molecule has 0 unspecified atom stereocenters. The summed E-state index contributed by atoms with van der Waals surface area (Å²) in [5.41, 5.74) is 0. The Hall–Kier alpha value is -0.120. The first-order valence-electron chi connectivity index (χ1n) is 6.94. The van der Waals surface area contributed by atoms with E-state index >= 15 is 0 Å². The van der Waals surface area contributed by atoms with Crippen LogP contribution in [0.15, 0.2) is 0 Å². The van der Waals surface area contributed by atoms with E-state index < -0.39 is 0 Å². The number of hydrogen-bond donors (Lipinski definition) is 3. The highest BCUT2D eigenvalue weighted by atomic mass is 16.3. The second-order valence-corrected chi connectivity index (χ2v) is 5.51. The van der Waals surface area contributed by atoms with Crippen LogP contribution in [0.2, 0.25) is 0 Å². The first-order valence-corrected chi connectivity index (χ1v) is 6.94. The Morgan fingerprint density at radius 1 is 0.812 bits per heavy atom. The van der Waals surface area contributed by atoms with Crippen molar-refractivity contribution in [3.63, 3.8) is 0 Å². The fourth-order valence-electron chi connectivity index (χ4n) is 3.10. The van der Waals surface area contributed by atoms with Crippen LogP contribution in [0.4, 0.5) is 0 Å². The summed E-state index contributed by atoms with van der Waals surface area (Å²) in [4.78, 5) is 0. The van der Waals surface area contributed by atoms with Crippen molar-refractivity contribution >= 4 is 0 Å². The van der Waals surface area contributed by atoms with E-state index in [4.69, 9.17) is 0 Å². The highest BCUT2D eigenvalue weighted by molar-refractivity contribution is 4.76. The van der Waals surface area contributed by atoms with Crippen LogP contribution in [0.25, 0.3) is 0 Å². The number of hydrogen-bond acceptors (Lipinski definition) is 3. The lowest BCUT2D eigenvalue weighted by Gasteiger charge is -2.28. The highest BCUT2D eigenvalue weighted by Gasteiger charge is 2.21. The van der Waals surface area contributed by atoms with Gasteiger partial charge in [0.1, 0.15) is 0 Å². The van der Waals surface area contributed by atoms with Gasteiger partial charge in [0, 0.05) is 0 Å². The van der Waals surface area contributed by atoms with Crippen LogP contribution < -0.4 is 10.6 Å². The summed E-state index contributed by atoms with van der Waals surface area (Å²) in [5, 5.41) is 16.9. The highest BCUT2D eigenvalue weighted by Crippen LogP contribution is 2.24. The zero-order valence-corrected chi connectivity index (χ0v) is 10.3. The molecule has 2 aliphatic rings. The van der Waals surface area contributed by atoms with Crippen LogP contribution in [-0.2, 0) is 0 Å². The minimum atomic E-state index is -0.0498. The van der Waals surface area contributed by atoms with Gasteiger partial charge in [0.2, 0.25) is 0 Å². The molecule has 2 aliphatic heterocycles. The summed E-state index contributed by atoms with van der Waals surface area (Å²) in [7, 11) is 0. The molecule has 0 aliphatic carbocycles. The molecule has 0 aromatic rings. The molecule has 0 aromatic heterocycles. The molecule has 16 heavy (non-hydrogen) atoms. The largest absolute Gasteiger partial charge is 0.393 e. The Morgan fingerprint density at radius 2 is 1.19 bits per heavy atom. The molecule has 2 fully saturated rings. The molecule has 0 amide bonds. The molecule has 3 N–H and O–H groups in total. The molecule has 2 heterocycles. The van der Waals surface area contributed by atoms with E-state index in [0.29, 0.717) is 0 Å². The maximum absolute atomic E-state index is 10.1. The van der Waals surface area contributed by atoms with Crippen molar-refractivity contribution < 1.29 is 5.11 Å². The lowest BCUT2D eigenvalue weighted by molar-refractivity contribution is 0.0992. The van der Waals surface area contributed by atoms with Crippen LogP contribution in [0.5, 0.6) is 0 Å². The molecule has 0 spiro atoms. The molecule has 0 saturated carbocycles. The Morgan fingerprint density at radius 3 is 1.56 bits per heavy atom. The Labute approximate surface area is 99.0 Å². The maximum atomic E-state index is 10.1. The van der Waals surface area contributed by atoms with Crippen molar-refractivity contribution in [2.24, 2.45) is 11.8 Å². The zero-order valence-electron chi connectivity index (χ0n) is 10.3. The van der Waals surface area contributed by atoms with Gasteiger partial charge in [-0.05, 0) is 76.5 Å². The zero-order chi connectivity index (χ0) is 11.2. The van der Waals surface area contributed by atoms with Gasteiger partial charge in [-0.2, -0.15) is 0 Å². The molecule has 0 radical (unpaired) electrons. The third-order valence-corrected chi connectivity index (χ3v) is 4.13. The van der Waals surface area contributed by atoms with Crippen molar-refractivity contribution in [1.82, 2.24) is 10.6 Å². The summed E-state index contributed by atoms with van der Waals surface area (Å²) < 4.78 is 0. The van der Waals surface area contributed by atoms with Crippen LogP contribution >= 0.6 is 0 Å². The fourth-order valence-corrected chi connectivity index (χ4v) is 3.10. The van der Waals surface area contributed by atoms with Gasteiger partial charge in [-0.1, -0.05) is 0 Å². The van der Waals surface area contributed by atoms with Crippen molar-refractivity contribution in [2.75, 3.05) is 26.2 Å². The van der Waals surface area contributed by atoms with Gasteiger partial charge in [0.05, 0.1) is 6.10 Å². The topological polar surface area (TPSA) is 44.3 Å². The normalized spacial score (nSPS) is 25.1. The number of aliphatic hydroxyl groups is 1. The standard InChI is InChI=1S/C13H26N2O/c16-13(9-11-1-5-14-6-2-11)10-12-3-7-15-8-4-12/h11-16H,1-10H2. The predicted octanol–water partition coefficient (Wildman–Crippen LogP) is 1.13. The third-order valence-electron chi connectivity index (χ3n) is 4.13. The molecular weight excluding hydrogens is 200 g/mol. The number of rotatable bonds is 4. The van der Waals surface area contributed by atoms with Crippen molar-refractivity contribution in [1.29, 1.82) is 0 Å². The van der Waals surface area contributed by atoms with E-state index in [1.165, 1.54) is 25.7 Å². The van der Waals surface area contributed by atoms with Crippen LogP contribution in [0.1, 0.15) is 38.5 Å². The van der Waals surface area contributed by atoms with Gasteiger partial charge in [-0.3, -0.25) is 0 Å². The Balaban J connectivity index is 1.64. The molecule has 0 aromatic carbocycles. The van der Waals surface area contributed by atoms with E-state index in [0.717, 1.165) is 50.9 Å². The van der Waals surface area contributed by atoms with Crippen molar-refractivity contribution in [2.45, 2.75) is 44.6 Å². The lowest BCUT2D eigenvalue weighted by Crippen LogP contribution is -2.32. The molecule has 3 nitrogen and oxygen atoms in total. The lowest BCUT2D eigenvalue weighted by atomic mass is 9.86. The number of piperidine rings is 2. The Bertz CT molecular complexity index is 166. The van der Waals surface area contributed by atoms with E-state index in [9.17, 15) is 5.11 Å². The van der Waals surface area contributed by atoms with Gasteiger partial charge in [0.25, 0.3) is 0 Å². The monoisotopic (exact) mass is 226 g/mol. The molecule has 2 saturated heterocycles. The van der Waals surface area contributed by atoms with Crippen molar-refractivity contribution in [3.05, 3.63) is 0 Å². The van der Waals surface area contributed by atoms with Gasteiger partial charge < -0.3 is 15.7 Å². The van der Waals surface area contributed by atoms with Crippen LogP contribution in [0.3, 0.4) is 0 Å². The molecule has 0 atom stereocenters. The minimum Gasteiger partial charge on any atom is -0.393 e. The van der Waals surface area contributed by atoms with Crippen LogP contribution in [-0.4, -0.2) is 37.4 Å². The molecule has 3 heteroatoms. The minimum absolute atomic E-state index is 0.0498. The molecule has 0 bridgehead atoms. The summed E-state index contributed by atoms with van der Waals surface area (Å²) in [6.45, 7) is 4.57. The second-order valence-electron chi connectivity index (χ2n) is 5.51. The SMILES string of the molecule is OC(CC1CCNCC1)CC1CCNCC1. The maximum Gasteiger partial charge on any atom is 0.0545 e. The van der Waals surface area contributed by atoms with E-state index in [1.807, 2.05) is 0 Å². The van der Waals surface area contributed by atoms with Crippen molar-refractivity contribution in [3.8, 4) is 0 Å². The third kappa shape index (κ3) is 4.04. The van der Waals surface area contributed by atoms with E-state index in [2.05, 4.69) is 10.6 Å². The predicted molar refractivity (Wildman–Crippen MR) is 66.4 cm³/mol. The molecule has 94 valence electrons. The summed E-state index contributed by atoms with van der Waals surface area (Å²) in [6, 6.07) is 0. The molecule has 2 rings (SSSR count). The van der Waals surface area contributed by atoms with Gasteiger partial charge in [-0.25, -0.2) is 0 Å². The average molecular weight is 226 g/mol. The fraction of sp³-hybridized carbons (Fsp3) is 1.00. The van der Waals surface area contributed by atoms with E-state index in [-0.39, 0.29) is 6.10 Å². The molecular formula is C13H26N2O. The first kappa shape index (κ1) is 12.3. The number of nitrogens with one attached hydrogen (secondary N) is 2. The van der Waals surface area contributed by atoms with E-state index in [1.54, 1.807) is 0 Å².